The number of ether oxygens (including phenoxy) is 1. The number of piperidine rings is 1. The molecule has 0 aliphatic carbocycles. The summed E-state index contributed by atoms with van der Waals surface area (Å²) in [6.45, 7) is 2.97. The fourth-order valence-corrected chi connectivity index (χ4v) is 2.85. The van der Waals surface area contributed by atoms with Crippen LogP contribution in [-0.4, -0.2) is 51.6 Å². The molecule has 1 atom stereocenters. The van der Waals surface area contributed by atoms with Crippen molar-refractivity contribution in [1.82, 2.24) is 4.90 Å². The molecule has 3 rings (SSSR count). The summed E-state index contributed by atoms with van der Waals surface area (Å²) in [6.07, 6.45) is 6.21. The number of carboxylic acid groups (broad SMARTS) is 1. The zero-order valence-electron chi connectivity index (χ0n) is 12.7. The minimum atomic E-state index is -0.833. The molecule has 1 aromatic rings. The van der Waals surface area contributed by atoms with Crippen molar-refractivity contribution in [1.29, 1.82) is 0 Å². The molecule has 1 aromatic carbocycles. The van der Waals surface area contributed by atoms with Crippen molar-refractivity contribution in [3.05, 3.63) is 35.9 Å². The second-order valence-electron chi connectivity index (χ2n) is 5.45. The zero-order valence-corrected chi connectivity index (χ0v) is 12.7. The van der Waals surface area contributed by atoms with Gasteiger partial charge in [-0.3, -0.25) is 4.79 Å². The zero-order chi connectivity index (χ0) is 15.2. The molecule has 0 amide bonds. The molecule has 1 saturated heterocycles. The summed E-state index contributed by atoms with van der Waals surface area (Å²) >= 11 is 2.33. The molecule has 1 N–H and O–H groups in total. The molecular formula is C16H20LiNO3. The second kappa shape index (κ2) is 7.58. The molecule has 21 heavy (non-hydrogen) atoms. The van der Waals surface area contributed by atoms with E-state index in [2.05, 4.69) is 46.9 Å². The maximum absolute atomic E-state index is 9.00. The van der Waals surface area contributed by atoms with Crippen LogP contribution in [0.15, 0.2) is 30.3 Å². The molecule has 0 bridgehead atoms. The Morgan fingerprint density at radius 3 is 2.81 bits per heavy atom. The molecule has 0 radical (unpaired) electrons. The van der Waals surface area contributed by atoms with E-state index >= 15 is 0 Å². The summed E-state index contributed by atoms with van der Waals surface area (Å²) < 4.78 is 6.33. The number of likely N-dealkylation sites (tertiary alicyclic amines) is 1. The van der Waals surface area contributed by atoms with Crippen molar-refractivity contribution in [3.8, 4) is 5.75 Å². The van der Waals surface area contributed by atoms with Gasteiger partial charge in [0.2, 0.25) is 0 Å². The van der Waals surface area contributed by atoms with Crippen LogP contribution >= 0.6 is 0 Å². The second-order valence-corrected chi connectivity index (χ2v) is 5.45. The Morgan fingerprint density at radius 1 is 1.38 bits per heavy atom. The first-order valence-corrected chi connectivity index (χ1v) is 7.48. The van der Waals surface area contributed by atoms with Crippen LogP contribution in [0.3, 0.4) is 0 Å². The van der Waals surface area contributed by atoms with E-state index in [1.54, 1.807) is 0 Å². The van der Waals surface area contributed by atoms with Crippen LogP contribution in [0.4, 0.5) is 0 Å². The van der Waals surface area contributed by atoms with Crippen molar-refractivity contribution in [2.45, 2.75) is 30.9 Å². The first-order valence-electron chi connectivity index (χ1n) is 7.48. The van der Waals surface area contributed by atoms with Crippen molar-refractivity contribution < 1.29 is 14.6 Å². The average molecular weight is 281 g/mol. The van der Waals surface area contributed by atoms with Crippen LogP contribution in [-0.2, 0) is 4.79 Å². The number of rotatable bonds is 1. The van der Waals surface area contributed by atoms with E-state index in [0.717, 1.165) is 12.7 Å². The molecule has 108 valence electrons. The fraction of sp³-hybridized carbons (Fsp3) is 0.438. The number of aliphatic carboxylic acids is 1. The Balaban J connectivity index is 0.000000361. The predicted molar refractivity (Wildman–Crippen MR) is 83.3 cm³/mol. The summed E-state index contributed by atoms with van der Waals surface area (Å²) in [5.74, 6) is 0.197. The number of hydrogen-bond donors (Lipinski definition) is 1. The molecule has 1 fully saturated rings. The number of benzene rings is 1. The van der Waals surface area contributed by atoms with Gasteiger partial charge in [0.25, 0.3) is 5.97 Å². The van der Waals surface area contributed by atoms with Crippen LogP contribution in [0, 0.1) is 0 Å². The van der Waals surface area contributed by atoms with Gasteiger partial charge in [-0.05, 0) is 0 Å². The third kappa shape index (κ3) is 4.29. The van der Waals surface area contributed by atoms with E-state index in [1.165, 1.54) is 37.1 Å². The van der Waals surface area contributed by atoms with Gasteiger partial charge in [-0.1, -0.05) is 0 Å². The van der Waals surface area contributed by atoms with Gasteiger partial charge in [0, 0.05) is 6.92 Å². The number of carboxylic acids is 1. The van der Waals surface area contributed by atoms with Crippen molar-refractivity contribution >= 4 is 29.4 Å². The number of hydrogen-bond acceptors (Lipinski definition) is 3. The molecule has 0 aromatic heterocycles. The van der Waals surface area contributed by atoms with Gasteiger partial charge in [0.05, 0.1) is 0 Å². The van der Waals surface area contributed by atoms with Gasteiger partial charge in [-0.15, -0.1) is 0 Å². The molecule has 2 aliphatic rings. The van der Waals surface area contributed by atoms with Gasteiger partial charge in [-0.2, -0.15) is 0 Å². The minimum absolute atomic E-state index is 0.654. The summed E-state index contributed by atoms with van der Waals surface area (Å²) in [7, 11) is 0. The van der Waals surface area contributed by atoms with E-state index in [4.69, 9.17) is 14.6 Å². The van der Waals surface area contributed by atoms with E-state index < -0.39 is 5.97 Å². The van der Waals surface area contributed by atoms with Crippen LogP contribution in [0.5, 0.6) is 5.75 Å². The quantitative estimate of drug-likeness (QED) is 0.803. The first kappa shape index (κ1) is 16.0. The number of carbonyl (C=O) groups is 1. The van der Waals surface area contributed by atoms with Crippen LogP contribution in [0.2, 0.25) is 0 Å². The van der Waals surface area contributed by atoms with E-state index in [-0.39, 0.29) is 0 Å². The average Bonchev–Trinajstić information content (AvgIpc) is 2.47. The fourth-order valence-electron chi connectivity index (χ4n) is 2.85. The topological polar surface area (TPSA) is 49.8 Å². The number of para-hydroxylation sites is 1. The van der Waals surface area contributed by atoms with Crippen molar-refractivity contribution in [2.75, 3.05) is 13.2 Å². The van der Waals surface area contributed by atoms with E-state index in [9.17, 15) is 0 Å². The van der Waals surface area contributed by atoms with Crippen LogP contribution in [0.1, 0.15) is 31.7 Å². The Bertz CT molecular complexity index is 526. The summed E-state index contributed by atoms with van der Waals surface area (Å²) in [5, 5.41) is 7.42. The Hall–Kier alpha value is -1.37. The molecule has 2 aliphatic heterocycles. The Kier molecular flexibility index (Phi) is 5.78. The molecular weight excluding hydrogens is 261 g/mol. The van der Waals surface area contributed by atoms with Gasteiger partial charge < -0.3 is 5.11 Å². The van der Waals surface area contributed by atoms with Crippen LogP contribution < -0.4 is 4.74 Å². The number of nitrogens with zero attached hydrogens (tertiary/aromatic N) is 1. The number of fused-ring (bicyclic) bond motifs is 1. The first-order chi connectivity index (χ1) is 10.1. The van der Waals surface area contributed by atoms with Gasteiger partial charge in [0.15, 0.2) is 0 Å². The van der Waals surface area contributed by atoms with Gasteiger partial charge >= 0.3 is 112 Å². The molecule has 5 heteroatoms. The summed E-state index contributed by atoms with van der Waals surface area (Å²) in [5.41, 5.74) is 2.63. The maximum atomic E-state index is 9.00. The monoisotopic (exact) mass is 281 g/mol. The SMILES string of the molecule is CC(=O)O.[Li][CH]1CCCCN1C1=CCOc2ccccc21. The summed E-state index contributed by atoms with van der Waals surface area (Å²) in [4.78, 5) is 11.5. The normalized spacial score (nSPS) is 20.4. The summed E-state index contributed by atoms with van der Waals surface area (Å²) in [6, 6.07) is 8.37. The Labute approximate surface area is 135 Å². The van der Waals surface area contributed by atoms with Gasteiger partial charge in [0.1, 0.15) is 0 Å². The third-order valence-corrected chi connectivity index (χ3v) is 3.79. The third-order valence-electron chi connectivity index (χ3n) is 3.79. The van der Waals surface area contributed by atoms with Gasteiger partial charge in [-0.25, -0.2) is 0 Å². The van der Waals surface area contributed by atoms with E-state index in [0.29, 0.717) is 11.3 Å². The standard InChI is InChI=1S/C14H16NO.C2H4O2.Li/c1-4-9-15(10-5-1)13-8-11-16-14-7-3-2-6-12(13)14;1-2(3)4;/h2-3,6-9H,1,4-5,10-11H2;1H3,(H,3,4);. The van der Waals surface area contributed by atoms with Crippen molar-refractivity contribution in [3.63, 3.8) is 0 Å². The van der Waals surface area contributed by atoms with E-state index in [1.807, 2.05) is 6.07 Å². The van der Waals surface area contributed by atoms with Crippen molar-refractivity contribution in [2.24, 2.45) is 0 Å². The van der Waals surface area contributed by atoms with Crippen LogP contribution in [0.25, 0.3) is 5.70 Å². The predicted octanol–water partition coefficient (Wildman–Crippen LogP) is 2.49. The molecule has 4 nitrogen and oxygen atoms in total. The molecule has 1 unspecified atom stereocenters. The Morgan fingerprint density at radius 2 is 2.10 bits per heavy atom. The molecule has 0 saturated carbocycles. The molecule has 0 spiro atoms. The molecule has 2 heterocycles.